The van der Waals surface area contributed by atoms with Crippen LogP contribution in [0.1, 0.15) is 12.0 Å². The summed E-state index contributed by atoms with van der Waals surface area (Å²) in [5.41, 5.74) is 1.02. The van der Waals surface area contributed by atoms with Gasteiger partial charge in [-0.3, -0.25) is 4.79 Å². The average molecular weight is 372 g/mol. The van der Waals surface area contributed by atoms with Gasteiger partial charge in [-0.25, -0.2) is 13.8 Å². The van der Waals surface area contributed by atoms with Gasteiger partial charge in [0, 0.05) is 45.0 Å². The number of carbonyl (C=O) groups is 1. The lowest BCUT2D eigenvalue weighted by Gasteiger charge is -2.37. The predicted octanol–water partition coefficient (Wildman–Crippen LogP) is 2.46. The van der Waals surface area contributed by atoms with E-state index < -0.39 is 11.6 Å². The van der Waals surface area contributed by atoms with E-state index in [9.17, 15) is 13.6 Å². The minimum Gasteiger partial charge on any atom is -0.360 e. The Labute approximate surface area is 157 Å². The number of nitrogens with zero attached hydrogens (tertiary/aromatic N) is 4. The number of anilines is 2. The summed E-state index contributed by atoms with van der Waals surface area (Å²) in [4.78, 5) is 22.8. The molecule has 7 heteroatoms. The molecule has 0 spiro atoms. The van der Waals surface area contributed by atoms with E-state index in [4.69, 9.17) is 0 Å². The van der Waals surface area contributed by atoms with Crippen LogP contribution in [0.3, 0.4) is 0 Å². The summed E-state index contributed by atoms with van der Waals surface area (Å²) >= 11 is 0. The van der Waals surface area contributed by atoms with Gasteiger partial charge in [0.1, 0.15) is 17.5 Å². The summed E-state index contributed by atoms with van der Waals surface area (Å²) in [6.45, 7) is 3.40. The number of halogens is 2. The summed E-state index contributed by atoms with van der Waals surface area (Å²) in [6.07, 6.45) is 3.19. The van der Waals surface area contributed by atoms with Crippen LogP contribution in [0.15, 0.2) is 36.5 Å². The quantitative estimate of drug-likeness (QED) is 0.830. The molecular weight excluding hydrogens is 350 g/mol. The molecule has 142 valence electrons. The normalized spacial score (nSPS) is 17.0. The zero-order chi connectivity index (χ0) is 18.8. The van der Waals surface area contributed by atoms with Crippen molar-refractivity contribution in [3.05, 3.63) is 53.7 Å². The first-order valence-corrected chi connectivity index (χ1v) is 9.28. The number of pyridine rings is 1. The van der Waals surface area contributed by atoms with Crippen LogP contribution in [0, 0.1) is 11.6 Å². The molecule has 1 aromatic carbocycles. The number of rotatable bonds is 3. The fourth-order valence-electron chi connectivity index (χ4n) is 3.88. The third kappa shape index (κ3) is 3.72. The Balaban J connectivity index is 1.40. The maximum atomic E-state index is 14.3. The Morgan fingerprint density at radius 1 is 1.07 bits per heavy atom. The fraction of sp³-hybridized carbons (Fsp3) is 0.400. The van der Waals surface area contributed by atoms with Gasteiger partial charge in [-0.1, -0.05) is 6.07 Å². The number of piperazine rings is 1. The smallest absolute Gasteiger partial charge is 0.242 e. The second-order valence-corrected chi connectivity index (χ2v) is 6.98. The molecule has 0 unspecified atom stereocenters. The first-order chi connectivity index (χ1) is 13.1. The minimum absolute atomic E-state index is 0.0211. The first-order valence-electron chi connectivity index (χ1n) is 9.28. The lowest BCUT2D eigenvalue weighted by Crippen LogP contribution is -2.52. The SMILES string of the molecule is O=C(CN1CCCc2cc(F)cc(F)c21)N1CCN(c2ccccn2)CC1. The lowest BCUT2D eigenvalue weighted by molar-refractivity contribution is -0.130. The van der Waals surface area contributed by atoms with Gasteiger partial charge in [-0.05, 0) is 36.6 Å². The molecular formula is C20H22F2N4O. The van der Waals surface area contributed by atoms with E-state index in [2.05, 4.69) is 9.88 Å². The highest BCUT2D eigenvalue weighted by Gasteiger charge is 2.27. The van der Waals surface area contributed by atoms with Crippen LogP contribution in [-0.4, -0.2) is 55.1 Å². The number of hydrogen-bond donors (Lipinski definition) is 0. The highest BCUT2D eigenvalue weighted by Crippen LogP contribution is 2.31. The molecule has 1 saturated heterocycles. The van der Waals surface area contributed by atoms with E-state index in [0.29, 0.717) is 37.3 Å². The minimum atomic E-state index is -0.586. The highest BCUT2D eigenvalue weighted by molar-refractivity contribution is 5.82. The van der Waals surface area contributed by atoms with Crippen LogP contribution in [0.2, 0.25) is 0 Å². The summed E-state index contributed by atoms with van der Waals surface area (Å²) < 4.78 is 27.8. The van der Waals surface area contributed by atoms with Gasteiger partial charge in [0.15, 0.2) is 0 Å². The van der Waals surface area contributed by atoms with E-state index >= 15 is 0 Å². The molecule has 2 aliphatic rings. The molecule has 2 aliphatic heterocycles. The van der Waals surface area contributed by atoms with Gasteiger partial charge in [0.05, 0.1) is 12.2 Å². The van der Waals surface area contributed by atoms with Crippen LogP contribution >= 0.6 is 0 Å². The van der Waals surface area contributed by atoms with Crippen molar-refractivity contribution in [2.75, 3.05) is 49.1 Å². The molecule has 1 fully saturated rings. The maximum Gasteiger partial charge on any atom is 0.242 e. The fourth-order valence-corrected chi connectivity index (χ4v) is 3.88. The average Bonchev–Trinajstić information content (AvgIpc) is 2.68. The Kier molecular flexibility index (Phi) is 4.92. The van der Waals surface area contributed by atoms with Crippen LogP contribution in [0.25, 0.3) is 0 Å². The second kappa shape index (κ2) is 7.50. The Morgan fingerprint density at radius 2 is 1.89 bits per heavy atom. The molecule has 0 saturated carbocycles. The van der Waals surface area contributed by atoms with Gasteiger partial charge < -0.3 is 14.7 Å². The number of hydrogen-bond acceptors (Lipinski definition) is 4. The molecule has 1 amide bonds. The number of aryl methyl sites for hydroxylation is 1. The van der Waals surface area contributed by atoms with Gasteiger partial charge >= 0.3 is 0 Å². The Bertz CT molecular complexity index is 822. The number of amides is 1. The zero-order valence-electron chi connectivity index (χ0n) is 15.1. The monoisotopic (exact) mass is 372 g/mol. The van der Waals surface area contributed by atoms with Gasteiger partial charge in [0.2, 0.25) is 5.91 Å². The zero-order valence-corrected chi connectivity index (χ0v) is 15.1. The molecule has 0 radical (unpaired) electrons. The largest absolute Gasteiger partial charge is 0.360 e. The summed E-state index contributed by atoms with van der Waals surface area (Å²) in [5, 5.41) is 0. The molecule has 0 bridgehead atoms. The molecule has 27 heavy (non-hydrogen) atoms. The summed E-state index contributed by atoms with van der Waals surface area (Å²) in [6, 6.07) is 8.06. The maximum absolute atomic E-state index is 14.3. The van der Waals surface area contributed by atoms with Crippen LogP contribution in [0.4, 0.5) is 20.3 Å². The van der Waals surface area contributed by atoms with Gasteiger partial charge in [-0.2, -0.15) is 0 Å². The van der Waals surface area contributed by atoms with E-state index in [1.807, 2.05) is 23.1 Å². The number of benzene rings is 1. The van der Waals surface area contributed by atoms with Gasteiger partial charge in [-0.15, -0.1) is 0 Å². The molecule has 1 aromatic heterocycles. The predicted molar refractivity (Wildman–Crippen MR) is 99.9 cm³/mol. The van der Waals surface area contributed by atoms with Crippen molar-refractivity contribution in [3.63, 3.8) is 0 Å². The van der Waals surface area contributed by atoms with Crippen molar-refractivity contribution >= 4 is 17.4 Å². The molecule has 0 atom stereocenters. The highest BCUT2D eigenvalue weighted by atomic mass is 19.1. The number of aromatic nitrogens is 1. The second-order valence-electron chi connectivity index (χ2n) is 6.98. The van der Waals surface area contributed by atoms with Crippen molar-refractivity contribution in [1.29, 1.82) is 0 Å². The Hall–Kier alpha value is -2.70. The van der Waals surface area contributed by atoms with Crippen LogP contribution in [0.5, 0.6) is 0 Å². The molecule has 5 nitrogen and oxygen atoms in total. The van der Waals surface area contributed by atoms with Crippen molar-refractivity contribution in [3.8, 4) is 0 Å². The van der Waals surface area contributed by atoms with E-state index in [-0.39, 0.29) is 12.5 Å². The molecule has 2 aromatic rings. The van der Waals surface area contributed by atoms with Crippen molar-refractivity contribution < 1.29 is 13.6 Å². The number of carbonyl (C=O) groups excluding carboxylic acids is 1. The van der Waals surface area contributed by atoms with Crippen molar-refractivity contribution in [2.45, 2.75) is 12.8 Å². The van der Waals surface area contributed by atoms with Crippen LogP contribution < -0.4 is 9.80 Å². The topological polar surface area (TPSA) is 39.7 Å². The Morgan fingerprint density at radius 3 is 2.63 bits per heavy atom. The summed E-state index contributed by atoms with van der Waals surface area (Å²) in [7, 11) is 0. The molecule has 0 N–H and O–H groups in total. The van der Waals surface area contributed by atoms with E-state index in [0.717, 1.165) is 31.4 Å². The van der Waals surface area contributed by atoms with Crippen molar-refractivity contribution in [2.24, 2.45) is 0 Å². The van der Waals surface area contributed by atoms with E-state index in [1.165, 1.54) is 6.07 Å². The van der Waals surface area contributed by atoms with E-state index in [1.54, 1.807) is 11.1 Å². The standard InChI is InChI=1S/C20H22F2N4O/c21-16-12-15-4-3-7-26(20(15)17(22)13-16)14-19(27)25-10-8-24(9-11-25)18-5-1-2-6-23-18/h1-2,5-6,12-13H,3-4,7-11,14H2. The lowest BCUT2D eigenvalue weighted by atomic mass is 10.0. The number of fused-ring (bicyclic) bond motifs is 1. The molecule has 3 heterocycles. The van der Waals surface area contributed by atoms with Crippen molar-refractivity contribution in [1.82, 2.24) is 9.88 Å². The third-order valence-corrected chi connectivity index (χ3v) is 5.23. The van der Waals surface area contributed by atoms with Crippen LogP contribution in [-0.2, 0) is 11.2 Å². The summed E-state index contributed by atoms with van der Waals surface area (Å²) in [5.74, 6) is -0.256. The molecule has 4 rings (SSSR count). The van der Waals surface area contributed by atoms with Gasteiger partial charge in [0.25, 0.3) is 0 Å². The molecule has 0 aliphatic carbocycles. The first kappa shape index (κ1) is 17.7. The third-order valence-electron chi connectivity index (χ3n) is 5.23.